The van der Waals surface area contributed by atoms with E-state index in [0.29, 0.717) is 17.0 Å². The van der Waals surface area contributed by atoms with Crippen molar-refractivity contribution in [3.63, 3.8) is 0 Å². The van der Waals surface area contributed by atoms with Gasteiger partial charge >= 0.3 is 5.97 Å². The van der Waals surface area contributed by atoms with Crippen molar-refractivity contribution < 1.29 is 23.5 Å². The maximum absolute atomic E-state index is 12.3. The lowest BCUT2D eigenvalue weighted by molar-refractivity contribution is 0.0549. The molecule has 0 fully saturated rings. The lowest BCUT2D eigenvalue weighted by Crippen LogP contribution is -2.13. The number of nitrogens with zero attached hydrogens (tertiary/aromatic N) is 1. The normalized spacial score (nSPS) is 10.1. The number of nitrogens with one attached hydrogen (secondary N) is 1. The van der Waals surface area contributed by atoms with Crippen LogP contribution in [0.15, 0.2) is 78.2 Å². The molecule has 142 valence electrons. The lowest BCUT2D eigenvalue weighted by atomic mass is 10.1. The first-order chi connectivity index (χ1) is 13.7. The summed E-state index contributed by atoms with van der Waals surface area (Å²) in [5, 5.41) is 2.69. The minimum absolute atomic E-state index is 0.0588. The minimum atomic E-state index is -0.516. The fourth-order valence-electron chi connectivity index (χ4n) is 2.34. The first-order valence-electron chi connectivity index (χ1n) is 8.46. The summed E-state index contributed by atoms with van der Waals surface area (Å²) in [4.78, 5) is 28.1. The molecule has 3 aromatic rings. The van der Waals surface area contributed by atoms with E-state index in [1.54, 1.807) is 6.07 Å². The number of rotatable bonds is 8. The van der Waals surface area contributed by atoms with Crippen molar-refractivity contribution in [1.82, 2.24) is 4.98 Å². The van der Waals surface area contributed by atoms with E-state index in [2.05, 4.69) is 16.9 Å². The topological polar surface area (TPSA) is 90.7 Å². The molecule has 1 amide bonds. The molecule has 0 radical (unpaired) electrons. The smallest absolute Gasteiger partial charge is 0.338 e. The van der Waals surface area contributed by atoms with Crippen LogP contribution in [0.5, 0.6) is 5.75 Å². The predicted octanol–water partition coefficient (Wildman–Crippen LogP) is 3.85. The summed E-state index contributed by atoms with van der Waals surface area (Å²) in [6, 6.07) is 14.1. The zero-order valence-corrected chi connectivity index (χ0v) is 15.0. The third-order valence-electron chi connectivity index (χ3n) is 3.69. The number of benzene rings is 2. The van der Waals surface area contributed by atoms with Crippen molar-refractivity contribution in [1.29, 1.82) is 0 Å². The van der Waals surface area contributed by atoms with E-state index in [4.69, 9.17) is 13.9 Å². The highest BCUT2D eigenvalue weighted by molar-refractivity contribution is 6.03. The molecule has 0 aliphatic heterocycles. The summed E-state index contributed by atoms with van der Waals surface area (Å²) in [5.74, 6) is -0.616. The standard InChI is InChI=1S/C21H18N2O5/c1-2-10-26-21(25)16-8-9-17(23-20(24)19-12-22-14-28-19)18(11-16)27-13-15-6-4-3-5-7-15/h2-9,11-12,14H,1,10,13H2,(H,23,24). The molecule has 28 heavy (non-hydrogen) atoms. The molecule has 7 heteroatoms. The van der Waals surface area contributed by atoms with Crippen LogP contribution in [0.2, 0.25) is 0 Å². The van der Waals surface area contributed by atoms with Crippen LogP contribution in [0.3, 0.4) is 0 Å². The van der Waals surface area contributed by atoms with Crippen LogP contribution in [-0.2, 0) is 11.3 Å². The molecule has 2 aromatic carbocycles. The van der Waals surface area contributed by atoms with E-state index in [1.165, 1.54) is 30.8 Å². The van der Waals surface area contributed by atoms with E-state index in [0.717, 1.165) is 5.56 Å². The number of amides is 1. The fraction of sp³-hybridized carbons (Fsp3) is 0.0952. The van der Waals surface area contributed by atoms with Crippen LogP contribution in [0.4, 0.5) is 5.69 Å². The van der Waals surface area contributed by atoms with E-state index in [9.17, 15) is 9.59 Å². The zero-order chi connectivity index (χ0) is 19.8. The van der Waals surface area contributed by atoms with Gasteiger partial charge in [-0.15, -0.1) is 0 Å². The SMILES string of the molecule is C=CCOC(=O)c1ccc(NC(=O)c2cnco2)c(OCc2ccccc2)c1. The number of oxazole rings is 1. The van der Waals surface area contributed by atoms with Crippen molar-refractivity contribution in [3.05, 3.63) is 90.7 Å². The Kier molecular flexibility index (Phi) is 6.20. The highest BCUT2D eigenvalue weighted by Crippen LogP contribution is 2.28. The first-order valence-corrected chi connectivity index (χ1v) is 8.46. The quantitative estimate of drug-likeness (QED) is 0.473. The average molecular weight is 378 g/mol. The largest absolute Gasteiger partial charge is 0.487 e. The Bertz CT molecular complexity index is 952. The van der Waals surface area contributed by atoms with Crippen LogP contribution in [-0.4, -0.2) is 23.5 Å². The molecule has 0 spiro atoms. The van der Waals surface area contributed by atoms with Crippen LogP contribution < -0.4 is 10.1 Å². The fourth-order valence-corrected chi connectivity index (χ4v) is 2.34. The third kappa shape index (κ3) is 4.85. The van der Waals surface area contributed by atoms with Crippen LogP contribution in [0.25, 0.3) is 0 Å². The summed E-state index contributed by atoms with van der Waals surface area (Å²) in [6.45, 7) is 3.88. The molecule has 0 atom stereocenters. The second-order valence-corrected chi connectivity index (χ2v) is 5.69. The average Bonchev–Trinajstić information content (AvgIpc) is 3.27. The van der Waals surface area contributed by atoms with Crippen molar-refractivity contribution in [2.75, 3.05) is 11.9 Å². The molecule has 0 aliphatic carbocycles. The molecule has 1 heterocycles. The number of carbonyl (C=O) groups excluding carboxylic acids is 2. The van der Waals surface area contributed by atoms with E-state index >= 15 is 0 Å². The monoisotopic (exact) mass is 378 g/mol. The van der Waals surface area contributed by atoms with Crippen LogP contribution in [0.1, 0.15) is 26.5 Å². The van der Waals surface area contributed by atoms with E-state index in [1.807, 2.05) is 30.3 Å². The molecule has 0 bridgehead atoms. The van der Waals surface area contributed by atoms with Gasteiger partial charge in [0, 0.05) is 0 Å². The van der Waals surface area contributed by atoms with Gasteiger partial charge in [0.25, 0.3) is 5.91 Å². The molecule has 3 rings (SSSR count). The van der Waals surface area contributed by atoms with Gasteiger partial charge in [0.1, 0.15) is 19.0 Å². The Labute approximate surface area is 161 Å². The predicted molar refractivity (Wildman–Crippen MR) is 102 cm³/mol. The first kappa shape index (κ1) is 18.9. The number of hydrogen-bond acceptors (Lipinski definition) is 6. The summed E-state index contributed by atoms with van der Waals surface area (Å²) < 4.78 is 15.9. The summed E-state index contributed by atoms with van der Waals surface area (Å²) in [7, 11) is 0. The number of esters is 1. The van der Waals surface area contributed by atoms with Crippen molar-refractivity contribution in [2.24, 2.45) is 0 Å². The zero-order valence-electron chi connectivity index (χ0n) is 15.0. The van der Waals surface area contributed by atoms with Gasteiger partial charge in [-0.05, 0) is 23.8 Å². The number of hydrogen-bond donors (Lipinski definition) is 1. The van der Waals surface area contributed by atoms with Gasteiger partial charge in [-0.3, -0.25) is 4.79 Å². The Morgan fingerprint density at radius 2 is 2.00 bits per heavy atom. The lowest BCUT2D eigenvalue weighted by Gasteiger charge is -2.13. The molecule has 0 saturated heterocycles. The van der Waals surface area contributed by atoms with Gasteiger partial charge in [-0.25, -0.2) is 9.78 Å². The van der Waals surface area contributed by atoms with Crippen molar-refractivity contribution >= 4 is 17.6 Å². The van der Waals surface area contributed by atoms with Gasteiger partial charge in [-0.2, -0.15) is 0 Å². The molecular formula is C21H18N2O5. The van der Waals surface area contributed by atoms with Gasteiger partial charge in [0.05, 0.1) is 17.4 Å². The highest BCUT2D eigenvalue weighted by Gasteiger charge is 2.16. The van der Waals surface area contributed by atoms with Crippen LogP contribution in [0, 0.1) is 0 Å². The van der Waals surface area contributed by atoms with E-state index in [-0.39, 0.29) is 19.0 Å². The number of anilines is 1. The molecule has 0 unspecified atom stereocenters. The van der Waals surface area contributed by atoms with Gasteiger partial charge in [0.2, 0.25) is 5.76 Å². The Morgan fingerprint density at radius 1 is 1.18 bits per heavy atom. The van der Waals surface area contributed by atoms with Crippen molar-refractivity contribution in [2.45, 2.75) is 6.61 Å². The van der Waals surface area contributed by atoms with Gasteiger partial charge < -0.3 is 19.2 Å². The molecule has 1 N–H and O–H groups in total. The Morgan fingerprint density at radius 3 is 2.71 bits per heavy atom. The molecule has 0 saturated carbocycles. The van der Waals surface area contributed by atoms with Gasteiger partial charge in [0.15, 0.2) is 6.39 Å². The number of ether oxygens (including phenoxy) is 2. The van der Waals surface area contributed by atoms with E-state index < -0.39 is 11.9 Å². The second-order valence-electron chi connectivity index (χ2n) is 5.69. The maximum Gasteiger partial charge on any atom is 0.338 e. The summed E-state index contributed by atoms with van der Waals surface area (Å²) in [5.41, 5.74) is 1.62. The maximum atomic E-state index is 12.3. The Hall–Kier alpha value is -3.87. The minimum Gasteiger partial charge on any atom is -0.487 e. The number of aromatic nitrogens is 1. The molecule has 0 aliphatic rings. The summed E-state index contributed by atoms with van der Waals surface area (Å²) >= 11 is 0. The number of carbonyl (C=O) groups is 2. The van der Waals surface area contributed by atoms with Crippen LogP contribution >= 0.6 is 0 Å². The molecular weight excluding hydrogens is 360 g/mol. The highest BCUT2D eigenvalue weighted by atomic mass is 16.5. The molecule has 7 nitrogen and oxygen atoms in total. The second kappa shape index (κ2) is 9.18. The van der Waals surface area contributed by atoms with Crippen molar-refractivity contribution in [3.8, 4) is 5.75 Å². The molecule has 1 aromatic heterocycles. The third-order valence-corrected chi connectivity index (χ3v) is 3.69. The Balaban J connectivity index is 1.83. The van der Waals surface area contributed by atoms with Gasteiger partial charge in [-0.1, -0.05) is 43.0 Å². The summed E-state index contributed by atoms with van der Waals surface area (Å²) in [6.07, 6.45) is 3.96.